The number of nitrogens with zero attached hydrogens (tertiary/aromatic N) is 2. The van der Waals surface area contributed by atoms with Gasteiger partial charge in [-0.25, -0.2) is 4.98 Å². The van der Waals surface area contributed by atoms with E-state index in [1.807, 2.05) is 41.8 Å². The average molecular weight is 368 g/mol. The van der Waals surface area contributed by atoms with Crippen LogP contribution in [0.3, 0.4) is 0 Å². The Morgan fingerprint density at radius 3 is 2.77 bits per heavy atom. The first-order valence-corrected chi connectivity index (χ1v) is 9.62. The molecule has 1 fully saturated rings. The Balaban J connectivity index is 1.34. The number of carbonyl (C=O) groups excluding carboxylic acids is 1. The highest BCUT2D eigenvalue weighted by Gasteiger charge is 2.25. The number of fused-ring (bicyclic) bond motifs is 1. The predicted molar refractivity (Wildman–Crippen MR) is 103 cm³/mol. The van der Waals surface area contributed by atoms with Crippen molar-refractivity contribution >= 4 is 33.1 Å². The summed E-state index contributed by atoms with van der Waals surface area (Å²) < 4.78 is 0.671. The third kappa shape index (κ3) is 3.68. The fraction of sp³-hybridized carbons (Fsp3) is 0.316. The molecule has 0 radical (unpaired) electrons. The smallest absolute Gasteiger partial charge is 0.268 e. The summed E-state index contributed by atoms with van der Waals surface area (Å²) in [6.07, 6.45) is 1.62. The minimum Gasteiger partial charge on any atom is -0.326 e. The van der Waals surface area contributed by atoms with Gasteiger partial charge in [0, 0.05) is 11.6 Å². The van der Waals surface area contributed by atoms with E-state index in [4.69, 9.17) is 0 Å². The lowest BCUT2D eigenvalue weighted by Gasteiger charge is -2.30. The molecule has 1 aromatic carbocycles. The van der Waals surface area contributed by atoms with E-state index in [0.717, 1.165) is 37.1 Å². The van der Waals surface area contributed by atoms with Crippen molar-refractivity contribution in [2.75, 3.05) is 18.4 Å². The number of thiophene rings is 1. The van der Waals surface area contributed by atoms with Gasteiger partial charge in [0.05, 0.1) is 12.1 Å². The van der Waals surface area contributed by atoms with Crippen LogP contribution in [0.4, 0.5) is 5.69 Å². The Bertz CT molecular complexity index is 958. The van der Waals surface area contributed by atoms with Crippen LogP contribution in [0.5, 0.6) is 0 Å². The minimum atomic E-state index is -0.0721. The van der Waals surface area contributed by atoms with E-state index in [0.29, 0.717) is 17.1 Å². The molecule has 0 saturated carbocycles. The van der Waals surface area contributed by atoms with Gasteiger partial charge in [0.1, 0.15) is 10.5 Å². The van der Waals surface area contributed by atoms with E-state index in [-0.39, 0.29) is 17.4 Å². The van der Waals surface area contributed by atoms with Crippen LogP contribution in [0.25, 0.3) is 10.2 Å². The third-order valence-corrected chi connectivity index (χ3v) is 5.64. The lowest BCUT2D eigenvalue weighted by molar-refractivity contribution is -0.121. The van der Waals surface area contributed by atoms with Crippen molar-refractivity contribution in [2.24, 2.45) is 5.92 Å². The molecule has 3 aromatic rings. The van der Waals surface area contributed by atoms with Gasteiger partial charge in [0.2, 0.25) is 5.91 Å². The zero-order chi connectivity index (χ0) is 17.9. The summed E-state index contributed by atoms with van der Waals surface area (Å²) >= 11 is 1.41. The molecule has 1 aliphatic rings. The summed E-state index contributed by atoms with van der Waals surface area (Å²) in [6, 6.07) is 11.4. The van der Waals surface area contributed by atoms with Crippen LogP contribution >= 0.6 is 11.3 Å². The number of benzene rings is 1. The van der Waals surface area contributed by atoms with Gasteiger partial charge in [-0.15, -0.1) is 11.3 Å². The van der Waals surface area contributed by atoms with Gasteiger partial charge in [-0.2, -0.15) is 0 Å². The summed E-state index contributed by atoms with van der Waals surface area (Å²) in [5.41, 5.74) is 1.52. The second-order valence-electron chi connectivity index (χ2n) is 6.55. The number of hydrogen-bond donors (Lipinski definition) is 2. The number of para-hydroxylation sites is 1. The van der Waals surface area contributed by atoms with Gasteiger partial charge >= 0.3 is 0 Å². The quantitative estimate of drug-likeness (QED) is 0.742. The van der Waals surface area contributed by atoms with Gasteiger partial charge in [0.25, 0.3) is 5.56 Å². The van der Waals surface area contributed by atoms with Crippen molar-refractivity contribution < 1.29 is 4.79 Å². The molecule has 2 N–H and O–H groups in total. The monoisotopic (exact) mass is 368 g/mol. The van der Waals surface area contributed by atoms with Crippen molar-refractivity contribution in [3.8, 4) is 0 Å². The fourth-order valence-electron chi connectivity index (χ4n) is 3.33. The molecule has 1 amide bonds. The molecule has 3 heterocycles. The van der Waals surface area contributed by atoms with Gasteiger partial charge < -0.3 is 10.3 Å². The number of carbonyl (C=O) groups is 1. The molecule has 26 heavy (non-hydrogen) atoms. The zero-order valence-electron chi connectivity index (χ0n) is 14.3. The summed E-state index contributed by atoms with van der Waals surface area (Å²) in [5, 5.41) is 4.87. The Labute approximate surface area is 154 Å². The summed E-state index contributed by atoms with van der Waals surface area (Å²) in [7, 11) is 0. The maximum Gasteiger partial charge on any atom is 0.268 e. The summed E-state index contributed by atoms with van der Waals surface area (Å²) in [4.78, 5) is 34.1. The van der Waals surface area contributed by atoms with Gasteiger partial charge in [-0.1, -0.05) is 18.2 Å². The summed E-state index contributed by atoms with van der Waals surface area (Å²) in [6.45, 7) is 2.24. The van der Waals surface area contributed by atoms with Crippen LogP contribution in [-0.2, 0) is 11.3 Å². The molecule has 7 heteroatoms. The van der Waals surface area contributed by atoms with Crippen LogP contribution in [0.15, 0.2) is 46.6 Å². The zero-order valence-corrected chi connectivity index (χ0v) is 15.1. The molecular formula is C19H20N4O2S. The van der Waals surface area contributed by atoms with E-state index in [1.54, 1.807) is 0 Å². The molecular weight excluding hydrogens is 348 g/mol. The molecule has 0 atom stereocenters. The Kier molecular flexibility index (Phi) is 4.81. The Morgan fingerprint density at radius 2 is 2.00 bits per heavy atom. The number of rotatable bonds is 4. The van der Waals surface area contributed by atoms with Crippen molar-refractivity contribution in [1.29, 1.82) is 0 Å². The highest BCUT2D eigenvalue weighted by Crippen LogP contribution is 2.21. The molecule has 4 rings (SSSR count). The second-order valence-corrected chi connectivity index (χ2v) is 7.47. The number of aromatic nitrogens is 2. The Hall–Kier alpha value is -2.51. The fourth-order valence-corrected chi connectivity index (χ4v) is 4.05. The van der Waals surface area contributed by atoms with Crippen molar-refractivity contribution in [3.63, 3.8) is 0 Å². The number of aromatic amines is 1. The lowest BCUT2D eigenvalue weighted by Crippen LogP contribution is -2.38. The van der Waals surface area contributed by atoms with Crippen LogP contribution in [0.2, 0.25) is 0 Å². The van der Waals surface area contributed by atoms with Crippen LogP contribution in [-0.4, -0.2) is 33.9 Å². The standard InChI is InChI=1S/C19H20N4O2S/c24-18(20-14-4-2-1-3-5-14)13-6-9-23(10-7-13)12-16-21-15-8-11-26-17(15)19(25)22-16/h1-5,8,11,13H,6-7,9-10,12H2,(H,20,24)(H,21,22,25). The van der Waals surface area contributed by atoms with Crippen molar-refractivity contribution in [1.82, 2.24) is 14.9 Å². The number of amides is 1. The number of H-pyrrole nitrogens is 1. The SMILES string of the molecule is O=C(Nc1ccccc1)C1CCN(Cc2nc3ccsc3c(=O)[nH]2)CC1. The van der Waals surface area contributed by atoms with E-state index in [1.165, 1.54) is 11.3 Å². The number of nitrogens with one attached hydrogen (secondary N) is 2. The summed E-state index contributed by atoms with van der Waals surface area (Å²) in [5.74, 6) is 0.799. The van der Waals surface area contributed by atoms with Crippen LogP contribution in [0, 0.1) is 5.92 Å². The highest BCUT2D eigenvalue weighted by atomic mass is 32.1. The first-order valence-electron chi connectivity index (χ1n) is 8.74. The molecule has 134 valence electrons. The minimum absolute atomic E-state index is 0.0258. The molecule has 0 spiro atoms. The number of piperidine rings is 1. The molecule has 6 nitrogen and oxygen atoms in total. The molecule has 0 aliphatic carbocycles. The van der Waals surface area contributed by atoms with Gasteiger partial charge in [-0.3, -0.25) is 14.5 Å². The maximum absolute atomic E-state index is 12.4. The maximum atomic E-state index is 12.4. The molecule has 1 aliphatic heterocycles. The van der Waals surface area contributed by atoms with Crippen molar-refractivity contribution in [3.05, 3.63) is 58.0 Å². The number of hydrogen-bond acceptors (Lipinski definition) is 5. The first-order chi connectivity index (χ1) is 12.7. The average Bonchev–Trinajstić information content (AvgIpc) is 3.12. The first kappa shape index (κ1) is 16.9. The molecule has 1 saturated heterocycles. The third-order valence-electron chi connectivity index (χ3n) is 4.74. The normalized spacial score (nSPS) is 16.0. The van der Waals surface area contributed by atoms with Gasteiger partial charge in [0.15, 0.2) is 0 Å². The number of anilines is 1. The largest absolute Gasteiger partial charge is 0.326 e. The highest BCUT2D eigenvalue weighted by molar-refractivity contribution is 7.17. The predicted octanol–water partition coefficient (Wildman–Crippen LogP) is 2.84. The lowest BCUT2D eigenvalue weighted by atomic mass is 9.96. The van der Waals surface area contributed by atoms with Gasteiger partial charge in [-0.05, 0) is 49.5 Å². The molecule has 2 aromatic heterocycles. The second kappa shape index (κ2) is 7.39. The number of likely N-dealkylation sites (tertiary alicyclic amines) is 1. The van der Waals surface area contributed by atoms with E-state index in [9.17, 15) is 9.59 Å². The molecule has 0 bridgehead atoms. The topological polar surface area (TPSA) is 78.1 Å². The van der Waals surface area contributed by atoms with Crippen LogP contribution < -0.4 is 10.9 Å². The van der Waals surface area contributed by atoms with E-state index < -0.39 is 0 Å². The van der Waals surface area contributed by atoms with E-state index in [2.05, 4.69) is 20.2 Å². The van der Waals surface area contributed by atoms with E-state index >= 15 is 0 Å². The van der Waals surface area contributed by atoms with Crippen LogP contribution in [0.1, 0.15) is 18.7 Å². The molecule has 0 unspecified atom stereocenters. The van der Waals surface area contributed by atoms with Crippen molar-refractivity contribution in [2.45, 2.75) is 19.4 Å². The Morgan fingerprint density at radius 1 is 1.23 bits per heavy atom.